The van der Waals surface area contributed by atoms with Crippen LogP contribution in [0.2, 0.25) is 5.15 Å². The van der Waals surface area contributed by atoms with Gasteiger partial charge >= 0.3 is 5.97 Å². The Bertz CT molecular complexity index is 517. The number of pyridine rings is 1. The van der Waals surface area contributed by atoms with Crippen molar-refractivity contribution in [3.63, 3.8) is 0 Å². The molecule has 7 nitrogen and oxygen atoms in total. The summed E-state index contributed by atoms with van der Waals surface area (Å²) in [5, 5.41) is 10.8. The second kappa shape index (κ2) is 5.54. The van der Waals surface area contributed by atoms with Gasteiger partial charge in [0.1, 0.15) is 23.1 Å². The molecular weight excluding hydrogens is 264 g/mol. The smallest absolute Gasteiger partial charge is 0.320 e. The standard InChI is InChI=1S/C10H9ClN2O5/c1-5(14)9(10(15)18-2)6-3-8(11)12-4-7(6)13(16)17/h3-4,9H,1-2H3. The molecule has 1 atom stereocenters. The summed E-state index contributed by atoms with van der Waals surface area (Å²) in [5.41, 5.74) is -0.579. The minimum Gasteiger partial charge on any atom is -0.468 e. The third-order valence-corrected chi connectivity index (χ3v) is 2.44. The van der Waals surface area contributed by atoms with Gasteiger partial charge in [-0.05, 0) is 13.0 Å². The van der Waals surface area contributed by atoms with Crippen LogP contribution in [0.3, 0.4) is 0 Å². The molecule has 1 aromatic rings. The van der Waals surface area contributed by atoms with Crippen molar-refractivity contribution >= 4 is 29.0 Å². The Kier molecular flexibility index (Phi) is 4.33. The van der Waals surface area contributed by atoms with E-state index in [1.165, 1.54) is 0 Å². The van der Waals surface area contributed by atoms with E-state index in [1.54, 1.807) is 0 Å². The predicted molar refractivity (Wildman–Crippen MR) is 61.3 cm³/mol. The molecule has 1 heterocycles. The molecule has 1 aromatic heterocycles. The van der Waals surface area contributed by atoms with Gasteiger partial charge in [-0.1, -0.05) is 11.6 Å². The van der Waals surface area contributed by atoms with Crippen LogP contribution in [0, 0.1) is 10.1 Å². The molecular formula is C10H9ClN2O5. The number of hydrogen-bond acceptors (Lipinski definition) is 6. The molecule has 1 unspecified atom stereocenters. The fourth-order valence-electron chi connectivity index (χ4n) is 1.45. The monoisotopic (exact) mass is 272 g/mol. The first-order valence-electron chi connectivity index (χ1n) is 4.76. The summed E-state index contributed by atoms with van der Waals surface area (Å²) in [4.78, 5) is 36.6. The molecule has 0 N–H and O–H groups in total. The molecule has 18 heavy (non-hydrogen) atoms. The minimum atomic E-state index is -1.38. The second-order valence-corrected chi connectivity index (χ2v) is 3.78. The zero-order valence-corrected chi connectivity index (χ0v) is 10.3. The molecule has 0 amide bonds. The Balaban J connectivity index is 3.43. The van der Waals surface area contributed by atoms with Crippen molar-refractivity contribution in [3.05, 3.63) is 33.1 Å². The summed E-state index contributed by atoms with van der Waals surface area (Å²) in [6.07, 6.45) is 0.899. The molecule has 0 saturated heterocycles. The van der Waals surface area contributed by atoms with E-state index in [-0.39, 0.29) is 10.7 Å². The normalized spacial score (nSPS) is 11.7. The van der Waals surface area contributed by atoms with E-state index >= 15 is 0 Å². The number of rotatable bonds is 4. The number of aromatic nitrogens is 1. The molecule has 0 spiro atoms. The number of methoxy groups -OCH3 is 1. The summed E-state index contributed by atoms with van der Waals surface area (Å²) in [7, 11) is 1.09. The number of halogens is 1. The van der Waals surface area contributed by atoms with Crippen molar-refractivity contribution in [2.75, 3.05) is 7.11 Å². The maximum atomic E-state index is 11.5. The van der Waals surface area contributed by atoms with Gasteiger partial charge in [0.15, 0.2) is 0 Å². The van der Waals surface area contributed by atoms with Crippen LogP contribution in [0.25, 0.3) is 0 Å². The molecule has 96 valence electrons. The lowest BCUT2D eigenvalue weighted by atomic mass is 9.95. The van der Waals surface area contributed by atoms with Crippen LogP contribution in [0.4, 0.5) is 5.69 Å². The van der Waals surface area contributed by atoms with E-state index in [2.05, 4.69) is 9.72 Å². The Morgan fingerprint density at radius 2 is 2.17 bits per heavy atom. The third kappa shape index (κ3) is 2.80. The topological polar surface area (TPSA) is 99.4 Å². The number of esters is 1. The van der Waals surface area contributed by atoms with E-state index in [0.717, 1.165) is 26.3 Å². The van der Waals surface area contributed by atoms with Crippen LogP contribution in [0.1, 0.15) is 18.4 Å². The van der Waals surface area contributed by atoms with Crippen LogP contribution in [0.15, 0.2) is 12.3 Å². The number of carbonyl (C=O) groups is 2. The van der Waals surface area contributed by atoms with Gasteiger partial charge in [0.2, 0.25) is 0 Å². The predicted octanol–water partition coefficient (Wildman–Crippen LogP) is 1.49. The average Bonchev–Trinajstić information content (AvgIpc) is 2.28. The first-order valence-corrected chi connectivity index (χ1v) is 5.14. The van der Waals surface area contributed by atoms with E-state index in [4.69, 9.17) is 11.6 Å². The average molecular weight is 273 g/mol. The lowest BCUT2D eigenvalue weighted by Crippen LogP contribution is -2.22. The van der Waals surface area contributed by atoms with Crippen molar-refractivity contribution in [1.29, 1.82) is 0 Å². The summed E-state index contributed by atoms with van der Waals surface area (Å²) in [6, 6.07) is 1.11. The Labute approximate surface area is 107 Å². The Hall–Kier alpha value is -2.02. The molecule has 0 aromatic carbocycles. The molecule has 0 fully saturated rings. The minimum absolute atomic E-state index is 0.0502. The van der Waals surface area contributed by atoms with Crippen LogP contribution in [-0.2, 0) is 14.3 Å². The van der Waals surface area contributed by atoms with Crippen LogP contribution < -0.4 is 0 Å². The largest absolute Gasteiger partial charge is 0.468 e. The van der Waals surface area contributed by atoms with Crippen molar-refractivity contribution in [3.8, 4) is 0 Å². The molecule has 0 aliphatic carbocycles. The number of Topliss-reactive ketones (excluding diaryl/α,β-unsaturated/α-hetero) is 1. The number of carbonyl (C=O) groups excluding carboxylic acids is 2. The SMILES string of the molecule is COC(=O)C(C(C)=O)c1cc(Cl)ncc1[N+](=O)[O-]. The highest BCUT2D eigenvalue weighted by Crippen LogP contribution is 2.29. The molecule has 0 aliphatic heterocycles. The third-order valence-electron chi connectivity index (χ3n) is 2.23. The van der Waals surface area contributed by atoms with Crippen molar-refractivity contribution in [2.45, 2.75) is 12.8 Å². The number of nitro groups is 1. The van der Waals surface area contributed by atoms with Gasteiger partial charge in [-0.25, -0.2) is 4.98 Å². The highest BCUT2D eigenvalue weighted by atomic mass is 35.5. The zero-order chi connectivity index (χ0) is 13.9. The Morgan fingerprint density at radius 1 is 1.56 bits per heavy atom. The van der Waals surface area contributed by atoms with E-state index in [0.29, 0.717) is 0 Å². The first-order chi connectivity index (χ1) is 8.38. The van der Waals surface area contributed by atoms with Crippen molar-refractivity contribution in [2.24, 2.45) is 0 Å². The van der Waals surface area contributed by atoms with E-state index in [9.17, 15) is 19.7 Å². The van der Waals surface area contributed by atoms with E-state index < -0.39 is 28.3 Å². The highest BCUT2D eigenvalue weighted by Gasteiger charge is 2.33. The van der Waals surface area contributed by atoms with Gasteiger partial charge in [-0.3, -0.25) is 19.7 Å². The van der Waals surface area contributed by atoms with Crippen molar-refractivity contribution < 1.29 is 19.2 Å². The summed E-state index contributed by atoms with van der Waals surface area (Å²) in [6.45, 7) is 1.14. The lowest BCUT2D eigenvalue weighted by Gasteiger charge is -2.11. The van der Waals surface area contributed by atoms with Gasteiger partial charge in [0.25, 0.3) is 5.69 Å². The quantitative estimate of drug-likeness (QED) is 0.271. The van der Waals surface area contributed by atoms with Gasteiger partial charge in [-0.15, -0.1) is 0 Å². The Morgan fingerprint density at radius 3 is 2.61 bits per heavy atom. The van der Waals surface area contributed by atoms with E-state index in [1.807, 2.05) is 0 Å². The first kappa shape index (κ1) is 14.0. The molecule has 0 radical (unpaired) electrons. The molecule has 8 heteroatoms. The summed E-state index contributed by atoms with van der Waals surface area (Å²) < 4.78 is 4.46. The summed E-state index contributed by atoms with van der Waals surface area (Å²) >= 11 is 5.62. The maximum absolute atomic E-state index is 11.5. The molecule has 0 aliphatic rings. The number of ketones is 1. The van der Waals surface area contributed by atoms with Crippen LogP contribution in [-0.4, -0.2) is 28.8 Å². The highest BCUT2D eigenvalue weighted by molar-refractivity contribution is 6.29. The molecule has 0 bridgehead atoms. The second-order valence-electron chi connectivity index (χ2n) is 3.39. The summed E-state index contributed by atoms with van der Waals surface area (Å²) in [5.74, 6) is -2.84. The molecule has 1 rings (SSSR count). The zero-order valence-electron chi connectivity index (χ0n) is 9.55. The number of ether oxygens (including phenoxy) is 1. The van der Waals surface area contributed by atoms with Crippen LogP contribution in [0.5, 0.6) is 0 Å². The van der Waals surface area contributed by atoms with Crippen molar-refractivity contribution in [1.82, 2.24) is 4.98 Å². The van der Waals surface area contributed by atoms with Gasteiger partial charge < -0.3 is 4.74 Å². The van der Waals surface area contributed by atoms with Gasteiger partial charge in [0.05, 0.1) is 17.6 Å². The fourth-order valence-corrected chi connectivity index (χ4v) is 1.62. The fraction of sp³-hybridized carbons (Fsp3) is 0.300. The van der Waals surface area contributed by atoms with Gasteiger partial charge in [-0.2, -0.15) is 0 Å². The lowest BCUT2D eigenvalue weighted by molar-refractivity contribution is -0.386. The van der Waals surface area contributed by atoms with Crippen LogP contribution >= 0.6 is 11.6 Å². The van der Waals surface area contributed by atoms with Gasteiger partial charge in [0, 0.05) is 0 Å². The molecule has 0 saturated carbocycles. The maximum Gasteiger partial charge on any atom is 0.320 e. The number of nitrogens with zero attached hydrogens (tertiary/aromatic N) is 2. The number of hydrogen-bond donors (Lipinski definition) is 0.